The zero-order valence-corrected chi connectivity index (χ0v) is 19.0. The Morgan fingerprint density at radius 3 is 2.60 bits per heavy atom. The van der Waals surface area contributed by atoms with E-state index in [0.717, 1.165) is 27.8 Å². The number of halogens is 1. The second-order valence-electron chi connectivity index (χ2n) is 7.92. The third-order valence-corrected chi connectivity index (χ3v) is 6.22. The van der Waals surface area contributed by atoms with Gasteiger partial charge in [-0.25, -0.2) is 0 Å². The summed E-state index contributed by atoms with van der Waals surface area (Å²) < 4.78 is 2.05. The summed E-state index contributed by atoms with van der Waals surface area (Å²) in [5.74, 6) is 0.190. The fraction of sp³-hybridized carbons (Fsp3) is 0.304. The highest BCUT2D eigenvalue weighted by Crippen LogP contribution is 2.43. The minimum absolute atomic E-state index is 0.0197. The van der Waals surface area contributed by atoms with Gasteiger partial charge in [-0.05, 0) is 81.9 Å². The molecule has 4 rings (SSSR count). The van der Waals surface area contributed by atoms with Crippen LogP contribution in [0, 0.1) is 13.8 Å². The molecular formula is C23H25ClN4OS. The first-order valence-electron chi connectivity index (χ1n) is 9.97. The minimum Gasteiger partial charge on any atom is -0.506 e. The van der Waals surface area contributed by atoms with E-state index in [1.807, 2.05) is 35.9 Å². The van der Waals surface area contributed by atoms with Crippen LogP contribution >= 0.6 is 23.8 Å². The van der Waals surface area contributed by atoms with E-state index < -0.39 is 0 Å². The molecule has 0 bridgehead atoms. The number of nitrogens with zero attached hydrogens (tertiary/aromatic N) is 3. The normalized spacial score (nSPS) is 18.9. The average Bonchev–Trinajstić information content (AvgIpc) is 3.20. The molecule has 1 saturated heterocycles. The van der Waals surface area contributed by atoms with E-state index in [-0.39, 0.29) is 23.9 Å². The number of benzene rings is 1. The molecular weight excluding hydrogens is 416 g/mol. The Labute approximate surface area is 187 Å². The number of nitrogens with one attached hydrogen (secondary N) is 1. The molecule has 0 aliphatic carbocycles. The molecule has 30 heavy (non-hydrogen) atoms. The van der Waals surface area contributed by atoms with Gasteiger partial charge in [-0.1, -0.05) is 17.7 Å². The van der Waals surface area contributed by atoms with Gasteiger partial charge in [0.25, 0.3) is 0 Å². The van der Waals surface area contributed by atoms with Gasteiger partial charge in [0.2, 0.25) is 0 Å². The highest BCUT2D eigenvalue weighted by atomic mass is 35.5. The van der Waals surface area contributed by atoms with E-state index >= 15 is 0 Å². The zero-order valence-electron chi connectivity index (χ0n) is 17.4. The average molecular weight is 441 g/mol. The maximum atomic E-state index is 10.5. The van der Waals surface area contributed by atoms with E-state index in [9.17, 15) is 5.11 Å². The molecule has 3 aromatic rings. The van der Waals surface area contributed by atoms with E-state index in [1.54, 1.807) is 18.2 Å². The van der Waals surface area contributed by atoms with Crippen molar-refractivity contribution in [3.05, 3.63) is 76.3 Å². The first-order chi connectivity index (χ1) is 14.3. The Balaban J connectivity index is 1.88. The number of phenolic OH excluding ortho intramolecular Hbond substituents is 1. The second kappa shape index (κ2) is 7.93. The summed E-state index contributed by atoms with van der Waals surface area (Å²) in [6, 6.07) is 13.3. The molecule has 0 amide bonds. The van der Waals surface area contributed by atoms with Crippen LogP contribution in [0.5, 0.6) is 5.75 Å². The Hall–Kier alpha value is -2.57. The number of phenols is 1. The van der Waals surface area contributed by atoms with Crippen molar-refractivity contribution < 1.29 is 5.11 Å². The molecule has 2 atom stereocenters. The fourth-order valence-electron chi connectivity index (χ4n) is 4.39. The van der Waals surface area contributed by atoms with Crippen LogP contribution < -0.4 is 5.32 Å². The predicted molar refractivity (Wildman–Crippen MR) is 124 cm³/mol. The molecule has 1 aliphatic heterocycles. The second-order valence-corrected chi connectivity index (χ2v) is 8.75. The number of pyridine rings is 1. The van der Waals surface area contributed by atoms with Gasteiger partial charge in [-0.2, -0.15) is 0 Å². The van der Waals surface area contributed by atoms with Gasteiger partial charge in [-0.15, -0.1) is 0 Å². The maximum Gasteiger partial charge on any atom is 0.170 e. The molecule has 156 valence electrons. The number of aromatic hydroxyl groups is 1. The quantitative estimate of drug-likeness (QED) is 0.544. The van der Waals surface area contributed by atoms with Crippen molar-refractivity contribution in [3.63, 3.8) is 0 Å². The third kappa shape index (κ3) is 3.44. The molecule has 0 unspecified atom stereocenters. The van der Waals surface area contributed by atoms with Crippen LogP contribution in [0.25, 0.3) is 5.69 Å². The van der Waals surface area contributed by atoms with Gasteiger partial charge >= 0.3 is 0 Å². The van der Waals surface area contributed by atoms with Crippen molar-refractivity contribution in [1.29, 1.82) is 0 Å². The lowest BCUT2D eigenvalue weighted by molar-refractivity contribution is 0.269. The summed E-state index contributed by atoms with van der Waals surface area (Å²) in [5.41, 5.74) is 4.81. The van der Waals surface area contributed by atoms with Crippen molar-refractivity contribution in [2.45, 2.75) is 45.8 Å². The van der Waals surface area contributed by atoms with Crippen LogP contribution in [-0.2, 0) is 0 Å². The molecule has 1 fully saturated rings. The monoisotopic (exact) mass is 440 g/mol. The smallest absolute Gasteiger partial charge is 0.170 e. The Bertz CT molecular complexity index is 1100. The van der Waals surface area contributed by atoms with Gasteiger partial charge < -0.3 is 19.9 Å². The van der Waals surface area contributed by atoms with Gasteiger partial charge in [0, 0.05) is 28.6 Å². The van der Waals surface area contributed by atoms with E-state index in [0.29, 0.717) is 10.7 Å². The number of aromatic nitrogens is 2. The third-order valence-electron chi connectivity index (χ3n) is 5.66. The Kier molecular flexibility index (Phi) is 5.47. The van der Waals surface area contributed by atoms with Gasteiger partial charge in [0.15, 0.2) is 5.11 Å². The lowest BCUT2D eigenvalue weighted by Gasteiger charge is -2.31. The first-order valence-corrected chi connectivity index (χ1v) is 10.8. The highest BCUT2D eigenvalue weighted by Gasteiger charge is 2.42. The number of hydrogen-bond acceptors (Lipinski definition) is 3. The Morgan fingerprint density at radius 2 is 1.93 bits per heavy atom. The minimum atomic E-state index is -0.0667. The van der Waals surface area contributed by atoms with Crippen LogP contribution in [0.3, 0.4) is 0 Å². The van der Waals surface area contributed by atoms with Gasteiger partial charge in [0.05, 0.1) is 23.5 Å². The van der Waals surface area contributed by atoms with Crippen LogP contribution in [0.15, 0.2) is 48.7 Å². The number of thiocarbonyl (C=S) groups is 1. The summed E-state index contributed by atoms with van der Waals surface area (Å²) in [5, 5.41) is 15.3. The maximum absolute atomic E-state index is 10.5. The predicted octanol–water partition coefficient (Wildman–Crippen LogP) is 5.23. The highest BCUT2D eigenvalue weighted by molar-refractivity contribution is 7.80. The summed E-state index contributed by atoms with van der Waals surface area (Å²) in [6.45, 7) is 8.39. The topological polar surface area (TPSA) is 53.3 Å². The van der Waals surface area contributed by atoms with Crippen LogP contribution in [0.1, 0.15) is 48.6 Å². The summed E-state index contributed by atoms with van der Waals surface area (Å²) in [6.07, 6.45) is 1.81. The molecule has 7 heteroatoms. The summed E-state index contributed by atoms with van der Waals surface area (Å²) in [7, 11) is 0. The molecule has 3 heterocycles. The Morgan fingerprint density at radius 1 is 1.17 bits per heavy atom. The molecule has 5 nitrogen and oxygen atoms in total. The van der Waals surface area contributed by atoms with E-state index in [1.165, 1.54) is 0 Å². The molecule has 2 aromatic heterocycles. The van der Waals surface area contributed by atoms with Gasteiger partial charge in [0.1, 0.15) is 5.75 Å². The van der Waals surface area contributed by atoms with Crippen molar-refractivity contribution in [3.8, 4) is 11.4 Å². The summed E-state index contributed by atoms with van der Waals surface area (Å²) in [4.78, 5) is 6.83. The first kappa shape index (κ1) is 20.7. The molecule has 0 spiro atoms. The van der Waals surface area contributed by atoms with Gasteiger partial charge in [-0.3, -0.25) is 4.98 Å². The number of aryl methyl sites for hydroxylation is 1. The largest absolute Gasteiger partial charge is 0.506 e. The molecule has 2 N–H and O–H groups in total. The number of hydrogen-bond donors (Lipinski definition) is 2. The van der Waals surface area contributed by atoms with Crippen molar-refractivity contribution in [2.24, 2.45) is 0 Å². The van der Waals surface area contributed by atoms with E-state index in [4.69, 9.17) is 23.8 Å². The molecule has 1 aromatic carbocycles. The van der Waals surface area contributed by atoms with Crippen molar-refractivity contribution >= 4 is 28.9 Å². The number of rotatable bonds is 4. The van der Waals surface area contributed by atoms with Crippen LogP contribution in [-0.4, -0.2) is 30.7 Å². The lowest BCUT2D eigenvalue weighted by atomic mass is 9.96. The fourth-order valence-corrected chi connectivity index (χ4v) is 5.01. The molecule has 0 saturated carbocycles. The zero-order chi connectivity index (χ0) is 21.6. The molecule has 0 radical (unpaired) electrons. The van der Waals surface area contributed by atoms with Crippen LogP contribution in [0.4, 0.5) is 0 Å². The van der Waals surface area contributed by atoms with Crippen molar-refractivity contribution in [1.82, 2.24) is 19.8 Å². The molecule has 1 aliphatic rings. The summed E-state index contributed by atoms with van der Waals surface area (Å²) >= 11 is 11.9. The van der Waals surface area contributed by atoms with Crippen molar-refractivity contribution in [2.75, 3.05) is 0 Å². The van der Waals surface area contributed by atoms with E-state index in [2.05, 4.69) is 42.0 Å². The SMILES string of the molecule is Cc1cc([C@H]2[C@H](c3ccccn3)NC(=S)N2C(C)C)c(C)n1-c1cc(Cl)ccc1O. The lowest BCUT2D eigenvalue weighted by Crippen LogP contribution is -2.35. The standard InChI is InChI=1S/C23H25ClN4OS/c1-13(2)27-22(21(26-23(27)30)18-7-5-6-10-25-18)17-11-14(3)28(15(17)4)19-12-16(24)8-9-20(19)29/h5-13,21-22,29H,1-4H3,(H,26,30)/t21-,22-/m0/s1. The van der Waals surface area contributed by atoms with Crippen LogP contribution in [0.2, 0.25) is 5.02 Å².